The van der Waals surface area contributed by atoms with Gasteiger partial charge >= 0.3 is 0 Å². The van der Waals surface area contributed by atoms with Gasteiger partial charge in [0.1, 0.15) is 0 Å². The maximum Gasteiger partial charge on any atom is 0.278 e. The Balaban J connectivity index is 3.15. The maximum absolute atomic E-state index is 10.6. The van der Waals surface area contributed by atoms with Gasteiger partial charge in [0, 0.05) is 11.8 Å². The first-order valence-electron chi connectivity index (χ1n) is 3.96. The van der Waals surface area contributed by atoms with Crippen molar-refractivity contribution in [3.8, 4) is 0 Å². The average molecular weight is 194 g/mol. The van der Waals surface area contributed by atoms with Crippen LogP contribution in [0.15, 0.2) is 24.3 Å². The summed E-state index contributed by atoms with van der Waals surface area (Å²) in [6, 6.07) is 4.40. The number of nitrogens with zero attached hydrogens (tertiary/aromatic N) is 1. The van der Waals surface area contributed by atoms with E-state index in [1.807, 2.05) is 0 Å². The summed E-state index contributed by atoms with van der Waals surface area (Å²) < 4.78 is 0. The van der Waals surface area contributed by atoms with E-state index in [2.05, 4.69) is 0 Å². The van der Waals surface area contributed by atoms with Crippen LogP contribution in [-0.4, -0.2) is 16.6 Å². The Hall–Kier alpha value is -1.88. The molecule has 5 nitrogen and oxygen atoms in total. The third-order valence-electron chi connectivity index (χ3n) is 1.65. The van der Waals surface area contributed by atoms with Crippen molar-refractivity contribution in [2.75, 3.05) is 12.3 Å². The number of nitrogens with two attached hydrogens (primary N) is 1. The van der Waals surface area contributed by atoms with E-state index in [0.717, 1.165) is 0 Å². The van der Waals surface area contributed by atoms with Crippen molar-refractivity contribution in [2.45, 2.75) is 0 Å². The molecule has 0 spiro atoms. The zero-order valence-corrected chi connectivity index (χ0v) is 7.38. The van der Waals surface area contributed by atoms with Gasteiger partial charge in [-0.15, -0.1) is 0 Å². The highest BCUT2D eigenvalue weighted by atomic mass is 16.6. The second-order valence-corrected chi connectivity index (χ2v) is 2.66. The molecule has 0 saturated carbocycles. The molecule has 0 amide bonds. The predicted octanol–water partition coefficient (Wildman–Crippen LogP) is 1.18. The summed E-state index contributed by atoms with van der Waals surface area (Å²) in [4.78, 5) is 10.1. The normalized spacial score (nSPS) is 10.6. The Morgan fingerprint density at radius 2 is 2.29 bits per heavy atom. The fourth-order valence-electron chi connectivity index (χ4n) is 1.04. The minimum atomic E-state index is -0.507. The van der Waals surface area contributed by atoms with Crippen LogP contribution in [0.2, 0.25) is 0 Å². The van der Waals surface area contributed by atoms with Crippen LogP contribution in [0.4, 0.5) is 11.4 Å². The van der Waals surface area contributed by atoms with Gasteiger partial charge in [-0.3, -0.25) is 10.1 Å². The van der Waals surface area contributed by atoms with E-state index in [0.29, 0.717) is 11.3 Å². The van der Waals surface area contributed by atoms with E-state index >= 15 is 0 Å². The highest BCUT2D eigenvalue weighted by Gasteiger charge is 2.10. The number of nitro groups is 1. The molecule has 0 bridgehead atoms. The van der Waals surface area contributed by atoms with Crippen molar-refractivity contribution in [3.05, 3.63) is 40.0 Å². The summed E-state index contributed by atoms with van der Waals surface area (Å²) >= 11 is 0. The molecule has 0 aliphatic rings. The number of aliphatic hydroxyl groups excluding tert-OH is 1. The molecule has 0 aromatic heterocycles. The molecule has 0 heterocycles. The fourth-order valence-corrected chi connectivity index (χ4v) is 1.04. The molecule has 1 aromatic carbocycles. The van der Waals surface area contributed by atoms with Crippen molar-refractivity contribution in [2.24, 2.45) is 0 Å². The number of nitrogen functional groups attached to an aromatic ring is 1. The first-order valence-corrected chi connectivity index (χ1v) is 3.96. The molecule has 1 rings (SSSR count). The summed E-state index contributed by atoms with van der Waals surface area (Å²) in [5.74, 6) is 0. The monoisotopic (exact) mass is 194 g/mol. The van der Waals surface area contributed by atoms with Crippen LogP contribution in [0, 0.1) is 10.1 Å². The minimum Gasteiger partial charge on any atom is -0.399 e. The van der Waals surface area contributed by atoms with Gasteiger partial charge in [0.2, 0.25) is 0 Å². The molecule has 1 aromatic rings. The summed E-state index contributed by atoms with van der Waals surface area (Å²) in [7, 11) is 0. The van der Waals surface area contributed by atoms with Gasteiger partial charge < -0.3 is 10.8 Å². The standard InChI is InChI=1S/C9H10N2O3/c10-8-4-3-7(2-1-5-12)9(6-8)11(13)14/h1-4,6,12H,5,10H2. The summed E-state index contributed by atoms with van der Waals surface area (Å²) in [6.07, 6.45) is 2.91. The molecular weight excluding hydrogens is 184 g/mol. The van der Waals surface area contributed by atoms with Crippen molar-refractivity contribution < 1.29 is 10.0 Å². The molecule has 0 atom stereocenters. The highest BCUT2D eigenvalue weighted by molar-refractivity contribution is 5.65. The number of nitro benzene ring substituents is 1. The van der Waals surface area contributed by atoms with E-state index in [1.54, 1.807) is 12.1 Å². The van der Waals surface area contributed by atoms with Gasteiger partial charge in [-0.2, -0.15) is 0 Å². The van der Waals surface area contributed by atoms with Crippen LogP contribution >= 0.6 is 0 Å². The van der Waals surface area contributed by atoms with E-state index in [9.17, 15) is 10.1 Å². The average Bonchev–Trinajstić information content (AvgIpc) is 2.15. The van der Waals surface area contributed by atoms with E-state index in [-0.39, 0.29) is 12.3 Å². The Morgan fingerprint density at radius 3 is 2.86 bits per heavy atom. The van der Waals surface area contributed by atoms with Crippen LogP contribution in [0.1, 0.15) is 5.56 Å². The summed E-state index contributed by atoms with van der Waals surface area (Å²) in [5.41, 5.74) is 6.13. The van der Waals surface area contributed by atoms with Crippen molar-refractivity contribution in [3.63, 3.8) is 0 Å². The van der Waals surface area contributed by atoms with Crippen LogP contribution < -0.4 is 5.73 Å². The maximum atomic E-state index is 10.6. The van der Waals surface area contributed by atoms with Gasteiger partial charge in [0.05, 0.1) is 17.1 Å². The first kappa shape index (κ1) is 10.2. The molecule has 14 heavy (non-hydrogen) atoms. The van der Waals surface area contributed by atoms with Gasteiger partial charge in [0.15, 0.2) is 0 Å². The molecule has 0 unspecified atom stereocenters. The molecule has 74 valence electrons. The highest BCUT2D eigenvalue weighted by Crippen LogP contribution is 2.22. The van der Waals surface area contributed by atoms with Crippen molar-refractivity contribution in [1.82, 2.24) is 0 Å². The number of rotatable bonds is 3. The number of hydrogen-bond acceptors (Lipinski definition) is 4. The molecule has 0 aliphatic carbocycles. The van der Waals surface area contributed by atoms with Crippen molar-refractivity contribution >= 4 is 17.5 Å². The van der Waals surface area contributed by atoms with Crippen LogP contribution in [0.3, 0.4) is 0 Å². The Morgan fingerprint density at radius 1 is 1.57 bits per heavy atom. The summed E-state index contributed by atoms with van der Waals surface area (Å²) in [5, 5.41) is 19.1. The topological polar surface area (TPSA) is 89.4 Å². The third kappa shape index (κ3) is 2.30. The summed E-state index contributed by atoms with van der Waals surface area (Å²) in [6.45, 7) is -0.151. The lowest BCUT2D eigenvalue weighted by atomic mass is 10.1. The number of aliphatic hydroxyl groups is 1. The second-order valence-electron chi connectivity index (χ2n) is 2.66. The lowest BCUT2D eigenvalue weighted by Gasteiger charge is -1.98. The molecule has 0 radical (unpaired) electrons. The minimum absolute atomic E-state index is 0.0605. The van der Waals surface area contributed by atoms with Crippen LogP contribution in [0.5, 0.6) is 0 Å². The SMILES string of the molecule is Nc1ccc(C=CCO)c([N+](=O)[O-])c1. The Labute approximate surface area is 80.6 Å². The Kier molecular flexibility index (Phi) is 3.19. The predicted molar refractivity (Wildman–Crippen MR) is 53.6 cm³/mol. The van der Waals surface area contributed by atoms with E-state index in [1.165, 1.54) is 18.2 Å². The molecule has 0 fully saturated rings. The fraction of sp³-hybridized carbons (Fsp3) is 0.111. The molecule has 5 heteroatoms. The largest absolute Gasteiger partial charge is 0.399 e. The van der Waals surface area contributed by atoms with Crippen LogP contribution in [0.25, 0.3) is 6.08 Å². The molecule has 0 aliphatic heterocycles. The van der Waals surface area contributed by atoms with E-state index < -0.39 is 4.92 Å². The lowest BCUT2D eigenvalue weighted by Crippen LogP contribution is -1.94. The number of hydrogen-bond donors (Lipinski definition) is 2. The Bertz CT molecular complexity index is 374. The quantitative estimate of drug-likeness (QED) is 0.429. The zero-order chi connectivity index (χ0) is 10.6. The smallest absolute Gasteiger partial charge is 0.278 e. The van der Waals surface area contributed by atoms with E-state index in [4.69, 9.17) is 10.8 Å². The second kappa shape index (κ2) is 4.38. The van der Waals surface area contributed by atoms with Crippen LogP contribution in [-0.2, 0) is 0 Å². The van der Waals surface area contributed by atoms with Gasteiger partial charge in [-0.05, 0) is 18.2 Å². The van der Waals surface area contributed by atoms with Crippen molar-refractivity contribution in [1.29, 1.82) is 0 Å². The van der Waals surface area contributed by atoms with Gasteiger partial charge in [-0.1, -0.05) is 6.08 Å². The zero-order valence-electron chi connectivity index (χ0n) is 7.38. The van der Waals surface area contributed by atoms with Gasteiger partial charge in [0.25, 0.3) is 5.69 Å². The number of anilines is 1. The number of benzene rings is 1. The molecule has 0 saturated heterocycles. The molecular formula is C9H10N2O3. The third-order valence-corrected chi connectivity index (χ3v) is 1.65. The lowest BCUT2D eigenvalue weighted by molar-refractivity contribution is -0.385. The first-order chi connectivity index (χ1) is 6.65. The molecule has 3 N–H and O–H groups in total. The van der Waals surface area contributed by atoms with Gasteiger partial charge in [-0.25, -0.2) is 0 Å².